The molecular weight excluding hydrogens is 564 g/mol. The Hall–Kier alpha value is -1.50. The number of halogens is 19. The van der Waals surface area contributed by atoms with Gasteiger partial charge in [-0.15, -0.1) is 0 Å². The summed E-state index contributed by atoms with van der Waals surface area (Å²) in [5, 5.41) is -6.22. The quantitative estimate of drug-likeness (QED) is 0.238. The summed E-state index contributed by atoms with van der Waals surface area (Å²) in [5.41, 5.74) is 0. The molecule has 0 aromatic rings. The van der Waals surface area contributed by atoms with Gasteiger partial charge in [0.2, 0.25) is 0 Å². The van der Waals surface area contributed by atoms with Gasteiger partial charge in [-0.05, 0) is 25.4 Å². The Labute approximate surface area is 180 Å². The molecule has 1 N–H and O–H groups in total. The molecule has 0 spiro atoms. The zero-order valence-corrected chi connectivity index (χ0v) is 16.4. The van der Waals surface area contributed by atoms with E-state index in [0.717, 1.165) is 5.32 Å². The van der Waals surface area contributed by atoms with Crippen molar-refractivity contribution in [1.82, 2.24) is 5.32 Å². The van der Waals surface area contributed by atoms with Gasteiger partial charge >= 0.3 is 52.8 Å². The SMILES string of the molecule is CC(C)NC(=O)C(F)(F)C(F)(F)C(F)(F)C(F)(F)C(F)(F)C(F)(F)C(F)(F)C(F)(F)C(F)(F)Cl. The van der Waals surface area contributed by atoms with Crippen molar-refractivity contribution >= 4 is 17.5 Å². The molecule has 21 heteroatoms. The molecule has 0 atom stereocenters. The van der Waals surface area contributed by atoms with Crippen LogP contribution < -0.4 is 5.32 Å². The maximum absolute atomic E-state index is 13.5. The van der Waals surface area contributed by atoms with Crippen LogP contribution in [0.2, 0.25) is 0 Å². The number of hydrogen-bond acceptors (Lipinski definition) is 1. The summed E-state index contributed by atoms with van der Waals surface area (Å²) in [6.45, 7) is 1.37. The van der Waals surface area contributed by atoms with Crippen molar-refractivity contribution in [2.24, 2.45) is 0 Å². The molecule has 0 aromatic heterocycles. The van der Waals surface area contributed by atoms with Crippen molar-refractivity contribution in [3.63, 3.8) is 0 Å². The Bertz CT molecular complexity index is 770. The molecular formula is C13H8ClF18NO. The van der Waals surface area contributed by atoms with Crippen LogP contribution >= 0.6 is 11.6 Å². The third-order valence-electron chi connectivity index (χ3n) is 3.82. The minimum absolute atomic E-state index is 0.683. The van der Waals surface area contributed by atoms with Crippen molar-refractivity contribution in [3.8, 4) is 0 Å². The largest absolute Gasteiger partial charge is 0.393 e. The molecule has 0 rings (SSSR count). The summed E-state index contributed by atoms with van der Waals surface area (Å²) in [6.07, 6.45) is 0. The fourth-order valence-corrected chi connectivity index (χ4v) is 1.98. The van der Waals surface area contributed by atoms with Crippen LogP contribution in [-0.4, -0.2) is 64.7 Å². The van der Waals surface area contributed by atoms with Gasteiger partial charge in [0.1, 0.15) is 0 Å². The van der Waals surface area contributed by atoms with E-state index in [-0.39, 0.29) is 0 Å². The van der Waals surface area contributed by atoms with Gasteiger partial charge in [0.25, 0.3) is 5.91 Å². The summed E-state index contributed by atoms with van der Waals surface area (Å²) in [6, 6.07) is -1.65. The molecule has 0 heterocycles. The van der Waals surface area contributed by atoms with Gasteiger partial charge in [-0.3, -0.25) is 4.79 Å². The van der Waals surface area contributed by atoms with Crippen molar-refractivity contribution < 1.29 is 83.8 Å². The van der Waals surface area contributed by atoms with E-state index in [4.69, 9.17) is 0 Å². The average Bonchev–Trinajstić information content (AvgIpc) is 2.58. The molecule has 0 unspecified atom stereocenters. The fourth-order valence-electron chi connectivity index (χ4n) is 1.86. The third-order valence-corrected chi connectivity index (χ3v) is 4.06. The molecule has 0 aliphatic heterocycles. The zero-order chi connectivity index (χ0) is 28.4. The van der Waals surface area contributed by atoms with Gasteiger partial charge in [-0.25, -0.2) is 0 Å². The minimum atomic E-state index is -8.90. The molecule has 0 aromatic carbocycles. The van der Waals surface area contributed by atoms with Gasteiger partial charge < -0.3 is 5.32 Å². The highest BCUT2D eigenvalue weighted by Crippen LogP contribution is 2.65. The van der Waals surface area contributed by atoms with Gasteiger partial charge in [0.05, 0.1) is 0 Å². The molecule has 0 saturated heterocycles. The Morgan fingerprint density at radius 1 is 0.529 bits per heavy atom. The highest BCUT2D eigenvalue weighted by molar-refractivity contribution is 6.22. The number of amides is 1. The Balaban J connectivity index is 6.92. The van der Waals surface area contributed by atoms with Crippen molar-refractivity contribution in [2.45, 2.75) is 72.7 Å². The second-order valence-corrected chi connectivity index (χ2v) is 7.20. The number of carbonyl (C=O) groups excluding carboxylic acids is 1. The molecule has 2 nitrogen and oxygen atoms in total. The summed E-state index contributed by atoms with van der Waals surface area (Å²) >= 11 is 3.34. The lowest BCUT2D eigenvalue weighted by molar-refractivity contribution is -0.456. The monoisotopic (exact) mass is 571 g/mol. The lowest BCUT2D eigenvalue weighted by atomic mass is 9.87. The number of nitrogens with one attached hydrogen (secondary N) is 1. The van der Waals surface area contributed by atoms with Crippen LogP contribution in [0, 0.1) is 0 Å². The predicted molar refractivity (Wildman–Crippen MR) is 73.7 cm³/mol. The first-order valence-electron chi connectivity index (χ1n) is 7.74. The van der Waals surface area contributed by atoms with E-state index in [1.807, 2.05) is 0 Å². The van der Waals surface area contributed by atoms with Crippen LogP contribution in [0.5, 0.6) is 0 Å². The van der Waals surface area contributed by atoms with E-state index in [1.165, 1.54) is 0 Å². The first-order valence-corrected chi connectivity index (χ1v) is 8.12. The van der Waals surface area contributed by atoms with Crippen LogP contribution in [0.3, 0.4) is 0 Å². The summed E-state index contributed by atoms with van der Waals surface area (Å²) in [4.78, 5) is 11.0. The van der Waals surface area contributed by atoms with E-state index < -0.39 is 64.7 Å². The topological polar surface area (TPSA) is 29.1 Å². The van der Waals surface area contributed by atoms with Crippen molar-refractivity contribution in [3.05, 3.63) is 0 Å². The highest BCUT2D eigenvalue weighted by Gasteiger charge is 2.96. The van der Waals surface area contributed by atoms with Gasteiger partial charge in [0.15, 0.2) is 0 Å². The van der Waals surface area contributed by atoms with Crippen LogP contribution in [0.4, 0.5) is 79.0 Å². The highest BCUT2D eigenvalue weighted by atomic mass is 35.5. The van der Waals surface area contributed by atoms with Crippen LogP contribution in [0.1, 0.15) is 13.8 Å². The molecule has 0 radical (unpaired) electrons. The van der Waals surface area contributed by atoms with E-state index >= 15 is 0 Å². The molecule has 0 saturated carbocycles. The number of rotatable bonds is 10. The predicted octanol–water partition coefficient (Wildman–Crippen LogP) is 6.43. The van der Waals surface area contributed by atoms with E-state index in [2.05, 4.69) is 11.6 Å². The summed E-state index contributed by atoms with van der Waals surface area (Å²) in [7, 11) is 0. The van der Waals surface area contributed by atoms with E-state index in [0.29, 0.717) is 13.8 Å². The number of carbonyl (C=O) groups is 1. The zero-order valence-electron chi connectivity index (χ0n) is 15.7. The molecule has 34 heavy (non-hydrogen) atoms. The summed E-state index contributed by atoms with van der Waals surface area (Å²) < 4.78 is 238. The molecule has 0 aliphatic carbocycles. The normalized spacial score (nSPS) is 16.2. The fraction of sp³-hybridized carbons (Fsp3) is 0.923. The first-order chi connectivity index (χ1) is 14.3. The molecule has 0 aliphatic rings. The summed E-state index contributed by atoms with van der Waals surface area (Å²) in [5.74, 6) is -70.4. The number of hydrogen-bond donors (Lipinski definition) is 1. The van der Waals surface area contributed by atoms with E-state index in [1.54, 1.807) is 0 Å². The van der Waals surface area contributed by atoms with Crippen LogP contribution in [-0.2, 0) is 4.79 Å². The lowest BCUT2D eigenvalue weighted by Crippen LogP contribution is -2.76. The standard InChI is InChI=1S/C13H8ClF18NO/c1-3(2)33-4(34)5(15,16)6(17,18)7(19,20)8(21,22)9(23,24)10(25,26)11(27,28)12(29,30)13(14,31)32/h3H,1-2H3,(H,33,34). The molecule has 0 bridgehead atoms. The van der Waals surface area contributed by atoms with Gasteiger partial charge in [0, 0.05) is 6.04 Å². The third kappa shape index (κ3) is 4.10. The Kier molecular flexibility index (Phi) is 7.91. The van der Waals surface area contributed by atoms with Crippen molar-refractivity contribution in [1.29, 1.82) is 0 Å². The van der Waals surface area contributed by atoms with E-state index in [9.17, 15) is 83.8 Å². The van der Waals surface area contributed by atoms with Gasteiger partial charge in [-0.2, -0.15) is 79.0 Å². The molecule has 0 fully saturated rings. The van der Waals surface area contributed by atoms with Crippen LogP contribution in [0.25, 0.3) is 0 Å². The Morgan fingerprint density at radius 3 is 1.00 bits per heavy atom. The lowest BCUT2D eigenvalue weighted by Gasteiger charge is -2.43. The average molecular weight is 572 g/mol. The maximum atomic E-state index is 13.5. The van der Waals surface area contributed by atoms with Crippen molar-refractivity contribution in [2.75, 3.05) is 0 Å². The second-order valence-electron chi connectivity index (χ2n) is 6.72. The maximum Gasteiger partial charge on any atom is 0.393 e. The second kappa shape index (κ2) is 8.28. The van der Waals surface area contributed by atoms with Crippen LogP contribution in [0.15, 0.2) is 0 Å². The first kappa shape index (κ1) is 32.5. The molecule has 204 valence electrons. The van der Waals surface area contributed by atoms with Gasteiger partial charge in [-0.1, -0.05) is 0 Å². The molecule has 1 amide bonds. The Morgan fingerprint density at radius 2 is 0.765 bits per heavy atom. The minimum Gasteiger partial charge on any atom is -0.348 e. The number of alkyl halides is 19. The smallest absolute Gasteiger partial charge is 0.348 e.